The SMILES string of the molecule is COc1ccccc1C1OC1(C)C(=O)O. The molecule has 15 heavy (non-hydrogen) atoms. The van der Waals surface area contributed by atoms with Crippen molar-refractivity contribution in [2.24, 2.45) is 0 Å². The summed E-state index contributed by atoms with van der Waals surface area (Å²) in [6.45, 7) is 1.56. The molecule has 0 saturated carbocycles. The van der Waals surface area contributed by atoms with Crippen LogP contribution >= 0.6 is 0 Å². The first-order valence-corrected chi connectivity index (χ1v) is 4.63. The predicted octanol–water partition coefficient (Wildman–Crippen LogP) is 1.61. The largest absolute Gasteiger partial charge is 0.496 e. The molecule has 1 fully saturated rings. The van der Waals surface area contributed by atoms with Crippen molar-refractivity contribution in [1.29, 1.82) is 0 Å². The average Bonchev–Trinajstić information content (AvgIpc) is 2.92. The average molecular weight is 208 g/mol. The van der Waals surface area contributed by atoms with E-state index < -0.39 is 17.7 Å². The Morgan fingerprint density at radius 3 is 2.73 bits per heavy atom. The smallest absolute Gasteiger partial charge is 0.338 e. The van der Waals surface area contributed by atoms with Crippen molar-refractivity contribution in [2.75, 3.05) is 7.11 Å². The summed E-state index contributed by atoms with van der Waals surface area (Å²) in [7, 11) is 1.55. The van der Waals surface area contributed by atoms with Crippen LogP contribution in [-0.4, -0.2) is 23.8 Å². The highest BCUT2D eigenvalue weighted by Crippen LogP contribution is 2.51. The molecule has 1 aliphatic rings. The van der Waals surface area contributed by atoms with Crippen molar-refractivity contribution in [1.82, 2.24) is 0 Å². The number of hydrogen-bond acceptors (Lipinski definition) is 3. The van der Waals surface area contributed by atoms with Gasteiger partial charge in [0.05, 0.1) is 7.11 Å². The molecule has 1 saturated heterocycles. The highest BCUT2D eigenvalue weighted by Gasteiger charge is 2.60. The molecule has 0 bridgehead atoms. The Morgan fingerprint density at radius 2 is 2.20 bits per heavy atom. The summed E-state index contributed by atoms with van der Waals surface area (Å²) < 4.78 is 10.4. The Labute approximate surface area is 87.4 Å². The van der Waals surface area contributed by atoms with E-state index in [0.29, 0.717) is 5.75 Å². The number of hydrogen-bond donors (Lipinski definition) is 1. The van der Waals surface area contributed by atoms with Gasteiger partial charge in [-0.25, -0.2) is 4.79 Å². The van der Waals surface area contributed by atoms with Gasteiger partial charge in [-0.15, -0.1) is 0 Å². The minimum atomic E-state index is -1.10. The fraction of sp³-hybridized carbons (Fsp3) is 0.364. The van der Waals surface area contributed by atoms with E-state index in [2.05, 4.69) is 0 Å². The number of para-hydroxylation sites is 1. The Balaban J connectivity index is 2.30. The molecular formula is C11H12O4. The zero-order chi connectivity index (χ0) is 11.1. The van der Waals surface area contributed by atoms with Crippen LogP contribution in [0.5, 0.6) is 5.75 Å². The van der Waals surface area contributed by atoms with Crippen molar-refractivity contribution in [3.05, 3.63) is 29.8 Å². The van der Waals surface area contributed by atoms with Gasteiger partial charge in [-0.05, 0) is 13.0 Å². The van der Waals surface area contributed by atoms with Crippen molar-refractivity contribution in [2.45, 2.75) is 18.6 Å². The molecule has 80 valence electrons. The second-order valence-corrected chi connectivity index (χ2v) is 3.65. The number of benzene rings is 1. The Hall–Kier alpha value is -1.55. The number of aliphatic carboxylic acids is 1. The molecule has 0 aliphatic carbocycles. The van der Waals surface area contributed by atoms with Gasteiger partial charge in [0.2, 0.25) is 0 Å². The van der Waals surface area contributed by atoms with Crippen molar-refractivity contribution < 1.29 is 19.4 Å². The summed E-state index contributed by atoms with van der Waals surface area (Å²) in [4.78, 5) is 10.9. The Bertz CT molecular complexity index is 401. The molecule has 4 nitrogen and oxygen atoms in total. The normalized spacial score (nSPS) is 28.5. The van der Waals surface area contributed by atoms with Gasteiger partial charge >= 0.3 is 5.97 Å². The molecule has 0 aromatic heterocycles. The van der Waals surface area contributed by atoms with Crippen LogP contribution in [0.15, 0.2) is 24.3 Å². The van der Waals surface area contributed by atoms with Gasteiger partial charge in [0.25, 0.3) is 0 Å². The maximum Gasteiger partial charge on any atom is 0.338 e. The van der Waals surface area contributed by atoms with Gasteiger partial charge in [-0.1, -0.05) is 18.2 Å². The number of epoxide rings is 1. The van der Waals surface area contributed by atoms with Crippen LogP contribution in [0, 0.1) is 0 Å². The van der Waals surface area contributed by atoms with Crippen LogP contribution < -0.4 is 4.74 Å². The molecular weight excluding hydrogens is 196 g/mol. The first-order chi connectivity index (χ1) is 7.09. The lowest BCUT2D eigenvalue weighted by molar-refractivity contribution is -0.142. The summed E-state index contributed by atoms with van der Waals surface area (Å²) in [6, 6.07) is 7.28. The van der Waals surface area contributed by atoms with Gasteiger partial charge < -0.3 is 14.6 Å². The van der Waals surface area contributed by atoms with Crippen LogP contribution in [0.4, 0.5) is 0 Å². The third kappa shape index (κ3) is 1.47. The topological polar surface area (TPSA) is 59.1 Å². The van der Waals surface area contributed by atoms with Crippen molar-refractivity contribution in [3.8, 4) is 5.75 Å². The van der Waals surface area contributed by atoms with E-state index in [1.807, 2.05) is 18.2 Å². The van der Waals surface area contributed by atoms with E-state index in [1.54, 1.807) is 20.1 Å². The first-order valence-electron chi connectivity index (χ1n) is 4.63. The molecule has 1 aromatic carbocycles. The predicted molar refractivity (Wildman–Crippen MR) is 52.9 cm³/mol. The van der Waals surface area contributed by atoms with Gasteiger partial charge in [-0.2, -0.15) is 0 Å². The molecule has 2 rings (SSSR count). The monoisotopic (exact) mass is 208 g/mol. The van der Waals surface area contributed by atoms with Crippen LogP contribution in [-0.2, 0) is 9.53 Å². The first kappa shape index (κ1) is 9.98. The molecule has 1 N–H and O–H groups in total. The van der Waals surface area contributed by atoms with E-state index in [0.717, 1.165) is 5.56 Å². The fourth-order valence-electron chi connectivity index (χ4n) is 1.62. The number of rotatable bonds is 3. The van der Waals surface area contributed by atoms with E-state index >= 15 is 0 Å². The second kappa shape index (κ2) is 3.24. The highest BCUT2D eigenvalue weighted by molar-refractivity contribution is 5.81. The summed E-state index contributed by atoms with van der Waals surface area (Å²) in [6.07, 6.45) is -0.411. The van der Waals surface area contributed by atoms with Crippen molar-refractivity contribution >= 4 is 5.97 Å². The summed E-state index contributed by atoms with van der Waals surface area (Å²) in [5.74, 6) is -0.286. The maximum atomic E-state index is 10.9. The summed E-state index contributed by atoms with van der Waals surface area (Å²) in [5.41, 5.74) is -0.320. The molecule has 1 heterocycles. The second-order valence-electron chi connectivity index (χ2n) is 3.65. The number of carbonyl (C=O) groups is 1. The molecule has 2 unspecified atom stereocenters. The lowest BCUT2D eigenvalue weighted by Gasteiger charge is -2.06. The van der Waals surface area contributed by atoms with Gasteiger partial charge in [0, 0.05) is 5.56 Å². The minimum absolute atomic E-state index is 0.411. The molecule has 2 atom stereocenters. The quantitative estimate of drug-likeness (QED) is 0.766. The van der Waals surface area contributed by atoms with Crippen LogP contribution in [0.2, 0.25) is 0 Å². The zero-order valence-electron chi connectivity index (χ0n) is 8.56. The third-order valence-corrected chi connectivity index (χ3v) is 2.65. The van der Waals surface area contributed by atoms with Gasteiger partial charge in [-0.3, -0.25) is 0 Å². The molecule has 1 aromatic rings. The number of methoxy groups -OCH3 is 1. The van der Waals surface area contributed by atoms with Crippen molar-refractivity contribution in [3.63, 3.8) is 0 Å². The van der Waals surface area contributed by atoms with E-state index in [1.165, 1.54) is 0 Å². The van der Waals surface area contributed by atoms with Crippen LogP contribution in [0.3, 0.4) is 0 Å². The Morgan fingerprint density at radius 1 is 1.53 bits per heavy atom. The summed E-state index contributed by atoms with van der Waals surface area (Å²) in [5, 5.41) is 8.94. The molecule has 4 heteroatoms. The lowest BCUT2D eigenvalue weighted by atomic mass is 10.0. The van der Waals surface area contributed by atoms with E-state index in [4.69, 9.17) is 14.6 Å². The number of carboxylic acids is 1. The molecule has 0 amide bonds. The van der Waals surface area contributed by atoms with Gasteiger partial charge in [0.1, 0.15) is 11.9 Å². The van der Waals surface area contributed by atoms with E-state index in [9.17, 15) is 4.79 Å². The highest BCUT2D eigenvalue weighted by atomic mass is 16.6. The number of ether oxygens (including phenoxy) is 2. The minimum Gasteiger partial charge on any atom is -0.496 e. The van der Waals surface area contributed by atoms with Gasteiger partial charge in [0.15, 0.2) is 5.60 Å². The van der Waals surface area contributed by atoms with Crippen LogP contribution in [0.1, 0.15) is 18.6 Å². The standard InChI is InChI=1S/C11H12O4/c1-11(10(12)13)9(15-11)7-5-3-4-6-8(7)14-2/h3-6,9H,1-2H3,(H,12,13). The third-order valence-electron chi connectivity index (χ3n) is 2.65. The molecule has 0 spiro atoms. The van der Waals surface area contributed by atoms with Crippen LogP contribution in [0.25, 0.3) is 0 Å². The molecule has 1 aliphatic heterocycles. The summed E-state index contributed by atoms with van der Waals surface area (Å²) >= 11 is 0. The maximum absolute atomic E-state index is 10.9. The zero-order valence-corrected chi connectivity index (χ0v) is 8.56. The lowest BCUT2D eigenvalue weighted by Crippen LogP contribution is -2.20. The molecule has 0 radical (unpaired) electrons. The number of carboxylic acid groups (broad SMARTS) is 1. The fourth-order valence-corrected chi connectivity index (χ4v) is 1.62. The van der Waals surface area contributed by atoms with E-state index in [-0.39, 0.29) is 0 Å². The Kier molecular flexibility index (Phi) is 2.16.